The fourth-order valence-electron chi connectivity index (χ4n) is 2.21. The lowest BCUT2D eigenvalue weighted by atomic mass is 10.1. The van der Waals surface area contributed by atoms with Crippen LogP contribution in [0.5, 0.6) is 0 Å². The average Bonchev–Trinajstić information content (AvgIpc) is 3.05. The standard InChI is InChI=1S/C18H23N3O2S/c1-13(2)20-18(23)19-10-14-4-6-16(7-5-14)17(22)21(3)11-15-8-9-24-12-15/h4-9,12-13H,10-11H2,1-3H3,(H2,19,20,23). The number of urea groups is 1. The molecule has 2 rings (SSSR count). The van der Waals surface area contributed by atoms with Gasteiger partial charge in [0.2, 0.25) is 0 Å². The highest BCUT2D eigenvalue weighted by atomic mass is 32.1. The van der Waals surface area contributed by atoms with Gasteiger partial charge in [-0.3, -0.25) is 4.79 Å². The van der Waals surface area contributed by atoms with Crippen molar-refractivity contribution in [1.82, 2.24) is 15.5 Å². The summed E-state index contributed by atoms with van der Waals surface area (Å²) in [7, 11) is 1.80. The lowest BCUT2D eigenvalue weighted by Gasteiger charge is -2.17. The first-order valence-electron chi connectivity index (χ1n) is 7.85. The molecule has 2 N–H and O–H groups in total. The van der Waals surface area contributed by atoms with Crippen LogP contribution in [0.1, 0.15) is 35.3 Å². The van der Waals surface area contributed by atoms with E-state index in [0.717, 1.165) is 11.1 Å². The van der Waals surface area contributed by atoms with Crippen molar-refractivity contribution in [2.45, 2.75) is 33.0 Å². The van der Waals surface area contributed by atoms with Crippen LogP contribution >= 0.6 is 11.3 Å². The van der Waals surface area contributed by atoms with Crippen LogP contribution in [0.4, 0.5) is 4.79 Å². The van der Waals surface area contributed by atoms with E-state index >= 15 is 0 Å². The molecular formula is C18H23N3O2S. The van der Waals surface area contributed by atoms with Gasteiger partial charge in [-0.2, -0.15) is 11.3 Å². The summed E-state index contributed by atoms with van der Waals surface area (Å²) in [5, 5.41) is 9.60. The Kier molecular flexibility index (Phi) is 6.37. The van der Waals surface area contributed by atoms with Crippen LogP contribution in [0.3, 0.4) is 0 Å². The minimum atomic E-state index is -0.194. The number of thiophene rings is 1. The zero-order chi connectivity index (χ0) is 17.5. The van der Waals surface area contributed by atoms with E-state index in [-0.39, 0.29) is 18.0 Å². The molecule has 0 saturated heterocycles. The normalized spacial score (nSPS) is 10.5. The SMILES string of the molecule is CC(C)NC(=O)NCc1ccc(C(=O)N(C)Cc2ccsc2)cc1. The fourth-order valence-corrected chi connectivity index (χ4v) is 2.87. The van der Waals surface area contributed by atoms with E-state index in [1.807, 2.05) is 42.8 Å². The van der Waals surface area contributed by atoms with Gasteiger partial charge in [0.15, 0.2) is 0 Å². The van der Waals surface area contributed by atoms with Gasteiger partial charge in [-0.05, 0) is 53.9 Å². The Hall–Kier alpha value is -2.34. The van der Waals surface area contributed by atoms with E-state index in [1.165, 1.54) is 0 Å². The predicted octanol–water partition coefficient (Wildman–Crippen LogP) is 3.23. The molecule has 0 fully saturated rings. The molecule has 1 aromatic heterocycles. The average molecular weight is 345 g/mol. The van der Waals surface area contributed by atoms with Crippen molar-refractivity contribution >= 4 is 23.3 Å². The van der Waals surface area contributed by atoms with Gasteiger partial charge in [-0.1, -0.05) is 12.1 Å². The first kappa shape index (κ1) is 18.0. The second kappa shape index (κ2) is 8.49. The largest absolute Gasteiger partial charge is 0.337 e. The summed E-state index contributed by atoms with van der Waals surface area (Å²) in [6.45, 7) is 4.85. The van der Waals surface area contributed by atoms with Gasteiger partial charge in [0.1, 0.15) is 0 Å². The minimum Gasteiger partial charge on any atom is -0.337 e. The molecule has 0 aliphatic carbocycles. The van der Waals surface area contributed by atoms with E-state index in [4.69, 9.17) is 0 Å². The highest BCUT2D eigenvalue weighted by Crippen LogP contribution is 2.12. The second-order valence-electron chi connectivity index (χ2n) is 5.97. The molecule has 3 amide bonds. The lowest BCUT2D eigenvalue weighted by molar-refractivity contribution is 0.0785. The summed E-state index contributed by atoms with van der Waals surface area (Å²) in [6.07, 6.45) is 0. The first-order valence-corrected chi connectivity index (χ1v) is 8.80. The number of hydrogen-bond acceptors (Lipinski definition) is 3. The molecule has 0 saturated carbocycles. The minimum absolute atomic E-state index is 0.0155. The molecule has 0 spiro atoms. The molecule has 0 atom stereocenters. The maximum Gasteiger partial charge on any atom is 0.315 e. The van der Waals surface area contributed by atoms with E-state index in [2.05, 4.69) is 10.6 Å². The zero-order valence-electron chi connectivity index (χ0n) is 14.2. The van der Waals surface area contributed by atoms with Crippen molar-refractivity contribution in [3.8, 4) is 0 Å². The third-order valence-corrected chi connectivity index (χ3v) is 4.15. The molecular weight excluding hydrogens is 322 g/mol. The second-order valence-corrected chi connectivity index (χ2v) is 6.75. The zero-order valence-corrected chi connectivity index (χ0v) is 15.0. The van der Waals surface area contributed by atoms with Crippen molar-refractivity contribution in [2.24, 2.45) is 0 Å². The maximum absolute atomic E-state index is 12.4. The van der Waals surface area contributed by atoms with Crippen molar-refractivity contribution in [3.05, 3.63) is 57.8 Å². The molecule has 0 unspecified atom stereocenters. The predicted molar refractivity (Wildman–Crippen MR) is 97.1 cm³/mol. The Bertz CT molecular complexity index is 666. The van der Waals surface area contributed by atoms with Crippen molar-refractivity contribution < 1.29 is 9.59 Å². The Morgan fingerprint density at radius 2 is 1.83 bits per heavy atom. The van der Waals surface area contributed by atoms with Crippen LogP contribution in [0.25, 0.3) is 0 Å². The Balaban J connectivity index is 1.88. The Morgan fingerprint density at radius 1 is 1.12 bits per heavy atom. The molecule has 6 heteroatoms. The third kappa shape index (κ3) is 5.38. The number of carbonyl (C=O) groups is 2. The van der Waals surface area contributed by atoms with Crippen LogP contribution in [0, 0.1) is 0 Å². The highest BCUT2D eigenvalue weighted by molar-refractivity contribution is 7.07. The molecule has 2 aromatic rings. The molecule has 0 aliphatic heterocycles. The quantitative estimate of drug-likeness (QED) is 0.844. The molecule has 0 radical (unpaired) electrons. The van der Waals surface area contributed by atoms with Gasteiger partial charge in [0, 0.05) is 31.7 Å². The summed E-state index contributed by atoms with van der Waals surface area (Å²) < 4.78 is 0. The number of rotatable bonds is 6. The fraction of sp³-hybridized carbons (Fsp3) is 0.333. The summed E-state index contributed by atoms with van der Waals surface area (Å²) in [4.78, 5) is 25.7. The molecule has 0 aliphatic rings. The van der Waals surface area contributed by atoms with Gasteiger partial charge in [-0.25, -0.2) is 4.79 Å². The number of nitrogens with zero attached hydrogens (tertiary/aromatic N) is 1. The Morgan fingerprint density at radius 3 is 2.42 bits per heavy atom. The van der Waals surface area contributed by atoms with Crippen molar-refractivity contribution in [2.75, 3.05) is 7.05 Å². The van der Waals surface area contributed by atoms with E-state index in [9.17, 15) is 9.59 Å². The number of nitrogens with one attached hydrogen (secondary N) is 2. The van der Waals surface area contributed by atoms with E-state index < -0.39 is 0 Å². The van der Waals surface area contributed by atoms with Crippen molar-refractivity contribution in [3.63, 3.8) is 0 Å². The number of hydrogen-bond donors (Lipinski definition) is 2. The third-order valence-electron chi connectivity index (χ3n) is 3.42. The topological polar surface area (TPSA) is 61.4 Å². The van der Waals surface area contributed by atoms with Gasteiger partial charge < -0.3 is 15.5 Å². The van der Waals surface area contributed by atoms with Crippen LogP contribution in [-0.4, -0.2) is 29.9 Å². The van der Waals surface area contributed by atoms with Gasteiger partial charge in [0.25, 0.3) is 5.91 Å². The smallest absolute Gasteiger partial charge is 0.315 e. The summed E-state index contributed by atoms with van der Waals surface area (Å²) >= 11 is 1.62. The van der Waals surface area contributed by atoms with Crippen LogP contribution in [0.15, 0.2) is 41.1 Å². The Labute approximate surface area is 146 Å². The van der Waals surface area contributed by atoms with Crippen LogP contribution < -0.4 is 10.6 Å². The lowest BCUT2D eigenvalue weighted by Crippen LogP contribution is -2.39. The van der Waals surface area contributed by atoms with Gasteiger partial charge in [0.05, 0.1) is 0 Å². The highest BCUT2D eigenvalue weighted by Gasteiger charge is 2.12. The maximum atomic E-state index is 12.4. The molecule has 0 bridgehead atoms. The van der Waals surface area contributed by atoms with Gasteiger partial charge >= 0.3 is 6.03 Å². The van der Waals surface area contributed by atoms with Crippen LogP contribution in [0.2, 0.25) is 0 Å². The molecule has 1 aromatic carbocycles. The molecule has 1 heterocycles. The molecule has 128 valence electrons. The van der Waals surface area contributed by atoms with Crippen molar-refractivity contribution in [1.29, 1.82) is 0 Å². The van der Waals surface area contributed by atoms with Crippen LogP contribution in [-0.2, 0) is 13.1 Å². The monoisotopic (exact) mass is 345 g/mol. The molecule has 5 nitrogen and oxygen atoms in total. The first-order chi connectivity index (χ1) is 11.5. The van der Waals surface area contributed by atoms with E-state index in [1.54, 1.807) is 35.4 Å². The molecule has 24 heavy (non-hydrogen) atoms. The number of amides is 3. The summed E-state index contributed by atoms with van der Waals surface area (Å²) in [5.41, 5.74) is 2.72. The van der Waals surface area contributed by atoms with Gasteiger partial charge in [-0.15, -0.1) is 0 Å². The van der Waals surface area contributed by atoms with E-state index in [0.29, 0.717) is 18.7 Å². The summed E-state index contributed by atoms with van der Waals surface area (Å²) in [6, 6.07) is 9.24. The number of benzene rings is 1. The number of carbonyl (C=O) groups excluding carboxylic acids is 2. The summed E-state index contributed by atoms with van der Waals surface area (Å²) in [5.74, 6) is -0.0155.